The Kier molecular flexibility index (Phi) is 7.09. The number of aliphatic hydroxyl groups is 1. The third kappa shape index (κ3) is 5.94. The SMILES string of the molecule is CC(=O)NC(CC(=O)N(C)CCC(C)O)c1c(F)cccc1F. The summed E-state index contributed by atoms with van der Waals surface area (Å²) in [4.78, 5) is 24.9. The van der Waals surface area contributed by atoms with Gasteiger partial charge in [-0.2, -0.15) is 0 Å². The highest BCUT2D eigenvalue weighted by molar-refractivity contribution is 5.79. The molecule has 0 heterocycles. The van der Waals surface area contributed by atoms with Crippen molar-refractivity contribution in [3.05, 3.63) is 35.4 Å². The summed E-state index contributed by atoms with van der Waals surface area (Å²) in [6.45, 7) is 3.13. The van der Waals surface area contributed by atoms with E-state index in [0.717, 1.165) is 12.1 Å². The predicted octanol–water partition coefficient (Wildman–Crippen LogP) is 1.76. The summed E-state index contributed by atoms with van der Waals surface area (Å²) >= 11 is 0. The van der Waals surface area contributed by atoms with Gasteiger partial charge in [0.2, 0.25) is 11.8 Å². The number of carbonyl (C=O) groups excluding carboxylic acids is 2. The summed E-state index contributed by atoms with van der Waals surface area (Å²) in [5.74, 6) is -2.50. The molecule has 0 aliphatic rings. The summed E-state index contributed by atoms with van der Waals surface area (Å²) in [5.41, 5.74) is -0.333. The first-order chi connectivity index (χ1) is 10.7. The maximum atomic E-state index is 13.9. The van der Waals surface area contributed by atoms with Crippen molar-refractivity contribution < 1.29 is 23.5 Å². The van der Waals surface area contributed by atoms with Gasteiger partial charge in [-0.1, -0.05) is 6.07 Å². The number of hydrogen-bond donors (Lipinski definition) is 2. The number of halogens is 2. The zero-order valence-corrected chi connectivity index (χ0v) is 13.5. The molecule has 0 aliphatic carbocycles. The van der Waals surface area contributed by atoms with E-state index in [4.69, 9.17) is 0 Å². The second kappa shape index (κ2) is 8.57. The number of hydrogen-bond acceptors (Lipinski definition) is 3. The molecule has 0 saturated heterocycles. The molecule has 0 radical (unpaired) electrons. The van der Waals surface area contributed by atoms with Gasteiger partial charge in [-0.05, 0) is 25.5 Å². The largest absolute Gasteiger partial charge is 0.393 e. The molecule has 2 N–H and O–H groups in total. The van der Waals surface area contributed by atoms with Crippen molar-refractivity contribution in [2.75, 3.05) is 13.6 Å². The van der Waals surface area contributed by atoms with Gasteiger partial charge in [0.25, 0.3) is 0 Å². The van der Waals surface area contributed by atoms with Crippen LogP contribution in [0.3, 0.4) is 0 Å². The van der Waals surface area contributed by atoms with Crippen LogP contribution < -0.4 is 5.32 Å². The van der Waals surface area contributed by atoms with E-state index >= 15 is 0 Å². The van der Waals surface area contributed by atoms with Crippen LogP contribution in [-0.4, -0.2) is 41.5 Å². The van der Waals surface area contributed by atoms with E-state index in [9.17, 15) is 23.5 Å². The first kappa shape index (κ1) is 19.0. The second-order valence-electron chi connectivity index (χ2n) is 5.55. The zero-order chi connectivity index (χ0) is 17.6. The van der Waals surface area contributed by atoms with Crippen LogP contribution in [0.5, 0.6) is 0 Å². The number of nitrogens with one attached hydrogen (secondary N) is 1. The summed E-state index contributed by atoms with van der Waals surface area (Å²) in [6, 6.07) is 2.29. The van der Waals surface area contributed by atoms with Crippen molar-refractivity contribution >= 4 is 11.8 Å². The number of carbonyl (C=O) groups is 2. The molecular formula is C16H22F2N2O3. The lowest BCUT2D eigenvalue weighted by molar-refractivity contribution is -0.131. The predicted molar refractivity (Wildman–Crippen MR) is 81.5 cm³/mol. The van der Waals surface area contributed by atoms with Crippen LogP contribution >= 0.6 is 0 Å². The maximum Gasteiger partial charge on any atom is 0.224 e. The van der Waals surface area contributed by atoms with E-state index in [1.54, 1.807) is 6.92 Å². The highest BCUT2D eigenvalue weighted by Crippen LogP contribution is 2.24. The monoisotopic (exact) mass is 328 g/mol. The average molecular weight is 328 g/mol. The van der Waals surface area contributed by atoms with Crippen molar-refractivity contribution in [2.45, 2.75) is 38.8 Å². The molecule has 7 heteroatoms. The Morgan fingerprint density at radius 2 is 1.87 bits per heavy atom. The summed E-state index contributed by atoms with van der Waals surface area (Å²) in [7, 11) is 1.53. The Bertz CT molecular complexity index is 544. The average Bonchev–Trinajstić information content (AvgIpc) is 2.43. The van der Waals surface area contributed by atoms with Gasteiger partial charge < -0.3 is 15.3 Å². The van der Waals surface area contributed by atoms with Crippen LogP contribution in [0.15, 0.2) is 18.2 Å². The Balaban J connectivity index is 2.91. The van der Waals surface area contributed by atoms with Crippen LogP contribution in [-0.2, 0) is 9.59 Å². The van der Waals surface area contributed by atoms with E-state index in [0.29, 0.717) is 13.0 Å². The van der Waals surface area contributed by atoms with Gasteiger partial charge in [-0.3, -0.25) is 9.59 Å². The Labute approximate surface area is 134 Å². The molecule has 2 atom stereocenters. The minimum atomic E-state index is -1.09. The lowest BCUT2D eigenvalue weighted by atomic mass is 10.0. The first-order valence-electron chi connectivity index (χ1n) is 7.35. The van der Waals surface area contributed by atoms with Crippen molar-refractivity contribution in [2.24, 2.45) is 0 Å². The quantitative estimate of drug-likeness (QED) is 0.801. The number of benzene rings is 1. The molecule has 5 nitrogen and oxygen atoms in total. The van der Waals surface area contributed by atoms with Crippen LogP contribution in [0.25, 0.3) is 0 Å². The number of amides is 2. The van der Waals surface area contributed by atoms with Crippen LogP contribution in [0, 0.1) is 11.6 Å². The number of rotatable bonds is 7. The molecule has 2 amide bonds. The molecule has 2 unspecified atom stereocenters. The smallest absolute Gasteiger partial charge is 0.224 e. The zero-order valence-electron chi connectivity index (χ0n) is 13.5. The van der Waals surface area contributed by atoms with Crippen LogP contribution in [0.2, 0.25) is 0 Å². The summed E-state index contributed by atoms with van der Waals surface area (Å²) in [6.07, 6.45) is -0.435. The Morgan fingerprint density at radius 1 is 1.30 bits per heavy atom. The van der Waals surface area contributed by atoms with Crippen molar-refractivity contribution in [3.63, 3.8) is 0 Å². The third-order valence-corrected chi connectivity index (χ3v) is 3.41. The second-order valence-corrected chi connectivity index (χ2v) is 5.55. The highest BCUT2D eigenvalue weighted by atomic mass is 19.1. The van der Waals surface area contributed by atoms with Gasteiger partial charge in [-0.25, -0.2) is 8.78 Å². The highest BCUT2D eigenvalue weighted by Gasteiger charge is 2.25. The van der Waals surface area contributed by atoms with E-state index < -0.39 is 29.7 Å². The van der Waals surface area contributed by atoms with Gasteiger partial charge in [0, 0.05) is 26.1 Å². The lowest BCUT2D eigenvalue weighted by Gasteiger charge is -2.23. The molecule has 0 fully saturated rings. The molecule has 0 aromatic heterocycles. The van der Waals surface area contributed by atoms with Crippen LogP contribution in [0.1, 0.15) is 38.3 Å². The maximum absolute atomic E-state index is 13.9. The number of nitrogens with zero attached hydrogens (tertiary/aromatic N) is 1. The standard InChI is InChI=1S/C16H22F2N2O3/c1-10(21)7-8-20(3)15(23)9-14(19-11(2)22)16-12(17)5-4-6-13(16)18/h4-6,10,14,21H,7-9H2,1-3H3,(H,19,22). The van der Waals surface area contributed by atoms with Gasteiger partial charge in [0.05, 0.1) is 18.6 Å². The van der Waals surface area contributed by atoms with Crippen LogP contribution in [0.4, 0.5) is 8.78 Å². The van der Waals surface area contributed by atoms with E-state index in [1.165, 1.54) is 24.9 Å². The fraction of sp³-hybridized carbons (Fsp3) is 0.500. The number of aliphatic hydroxyl groups excluding tert-OH is 1. The molecule has 128 valence electrons. The molecule has 1 aromatic rings. The first-order valence-corrected chi connectivity index (χ1v) is 7.35. The fourth-order valence-electron chi connectivity index (χ4n) is 2.15. The minimum Gasteiger partial charge on any atom is -0.393 e. The van der Waals surface area contributed by atoms with Gasteiger partial charge in [0.15, 0.2) is 0 Å². The molecule has 1 rings (SSSR count). The van der Waals surface area contributed by atoms with Gasteiger partial charge in [0.1, 0.15) is 11.6 Å². The van der Waals surface area contributed by atoms with Gasteiger partial charge >= 0.3 is 0 Å². The molecule has 0 aliphatic heterocycles. The lowest BCUT2D eigenvalue weighted by Crippen LogP contribution is -2.35. The fourth-order valence-corrected chi connectivity index (χ4v) is 2.15. The minimum absolute atomic E-state index is 0.270. The summed E-state index contributed by atoms with van der Waals surface area (Å²) in [5, 5.41) is 11.7. The van der Waals surface area contributed by atoms with Gasteiger partial charge in [-0.15, -0.1) is 0 Å². The van der Waals surface area contributed by atoms with Crippen molar-refractivity contribution in [1.29, 1.82) is 0 Å². The van der Waals surface area contributed by atoms with E-state index in [-0.39, 0.29) is 17.9 Å². The Hall–Kier alpha value is -2.02. The van der Waals surface area contributed by atoms with E-state index in [1.807, 2.05) is 0 Å². The normalized spacial score (nSPS) is 13.3. The summed E-state index contributed by atoms with van der Waals surface area (Å²) < 4.78 is 27.8. The van der Waals surface area contributed by atoms with Crippen molar-refractivity contribution in [1.82, 2.24) is 10.2 Å². The van der Waals surface area contributed by atoms with E-state index in [2.05, 4.69) is 5.32 Å². The molecule has 23 heavy (non-hydrogen) atoms. The third-order valence-electron chi connectivity index (χ3n) is 3.41. The molecule has 0 saturated carbocycles. The molecule has 0 spiro atoms. The molecule has 1 aromatic carbocycles. The van der Waals surface area contributed by atoms with Crippen molar-refractivity contribution in [3.8, 4) is 0 Å². The molecule has 0 bridgehead atoms. The Morgan fingerprint density at radius 3 is 2.35 bits per heavy atom. The molecular weight excluding hydrogens is 306 g/mol. The topological polar surface area (TPSA) is 69.6 Å².